The van der Waals surface area contributed by atoms with Gasteiger partial charge in [0, 0.05) is 5.38 Å². The average molecular weight is 213 g/mol. The number of thiol groups is 1. The largest absolute Gasteiger partial charge is 0.229 e. The fraction of sp³-hybridized carbons (Fsp3) is 0.125. The zero-order valence-corrected chi connectivity index (χ0v) is 8.97. The van der Waals surface area contributed by atoms with E-state index in [2.05, 4.69) is 36.0 Å². The van der Waals surface area contributed by atoms with Gasteiger partial charge in [0.15, 0.2) is 0 Å². The molecule has 0 saturated carbocycles. The predicted molar refractivity (Wildman–Crippen MR) is 57.4 cm³/mol. The quantitative estimate of drug-likeness (QED) is 0.716. The van der Waals surface area contributed by atoms with Crippen LogP contribution in [0.4, 0.5) is 0 Å². The monoisotopic (exact) mass is 213 g/mol. The third-order valence-electron chi connectivity index (χ3n) is 1.55. The molecular weight excluding hydrogens is 206 g/mol. The van der Waals surface area contributed by atoms with Gasteiger partial charge in [0.2, 0.25) is 0 Å². The van der Waals surface area contributed by atoms with Crippen LogP contribution in [-0.2, 0) is 0 Å². The Hall–Kier alpha value is -0.320. The summed E-state index contributed by atoms with van der Waals surface area (Å²) < 4.78 is 0. The lowest BCUT2D eigenvalue weighted by molar-refractivity contribution is 1.22. The molecule has 0 aromatic carbocycles. The van der Waals surface area contributed by atoms with Gasteiger partial charge in [-0.05, 0) is 23.9 Å². The summed E-state index contributed by atoms with van der Waals surface area (Å²) in [6.07, 6.45) is 0. The van der Waals surface area contributed by atoms with E-state index in [-0.39, 0.29) is 0 Å². The minimum atomic E-state index is 0.808. The Morgan fingerprint density at radius 3 is 2.75 bits per heavy atom. The lowest BCUT2D eigenvalue weighted by Crippen LogP contribution is -1.72. The Bertz CT molecular complexity index is 388. The van der Waals surface area contributed by atoms with Gasteiger partial charge in [0.25, 0.3) is 0 Å². The normalized spacial score (nSPS) is 10.5. The first-order valence-corrected chi connectivity index (χ1v) is 5.67. The fourth-order valence-corrected chi connectivity index (χ4v) is 3.07. The molecule has 12 heavy (non-hydrogen) atoms. The molecule has 0 N–H and O–H groups in total. The molecule has 0 aliphatic heterocycles. The van der Waals surface area contributed by atoms with Crippen molar-refractivity contribution in [2.75, 3.05) is 0 Å². The zero-order chi connectivity index (χ0) is 8.55. The maximum Gasteiger partial charge on any atom is 0.134 e. The lowest BCUT2D eigenvalue weighted by Gasteiger charge is -1.90. The van der Waals surface area contributed by atoms with Crippen LogP contribution in [0.2, 0.25) is 0 Å². The van der Waals surface area contributed by atoms with Crippen molar-refractivity contribution in [1.82, 2.24) is 4.98 Å². The molecule has 0 unspecified atom stereocenters. The number of aryl methyl sites for hydroxylation is 1. The summed E-state index contributed by atoms with van der Waals surface area (Å²) in [6.45, 7) is 2.10. The average Bonchev–Trinajstić information content (AvgIpc) is 2.58. The molecule has 2 aromatic rings. The number of aromatic nitrogens is 1. The number of nitrogens with zero attached hydrogens (tertiary/aromatic N) is 1. The molecule has 2 rings (SSSR count). The molecule has 0 saturated heterocycles. The molecule has 0 spiro atoms. The summed E-state index contributed by atoms with van der Waals surface area (Å²) in [5, 5.41) is 5.93. The van der Waals surface area contributed by atoms with E-state index in [0.29, 0.717) is 0 Å². The van der Waals surface area contributed by atoms with Crippen molar-refractivity contribution in [3.63, 3.8) is 0 Å². The molecule has 2 heterocycles. The molecule has 0 aliphatic carbocycles. The van der Waals surface area contributed by atoms with Gasteiger partial charge in [-0.25, -0.2) is 4.98 Å². The van der Waals surface area contributed by atoms with Gasteiger partial charge in [-0.1, -0.05) is 0 Å². The number of thiophene rings is 1. The number of thiazole rings is 1. The summed E-state index contributed by atoms with van der Waals surface area (Å²) in [6, 6.07) is 2.11. The highest BCUT2D eigenvalue weighted by Crippen LogP contribution is 2.31. The van der Waals surface area contributed by atoms with Crippen LogP contribution in [0.15, 0.2) is 21.9 Å². The van der Waals surface area contributed by atoms with Crippen LogP contribution in [0, 0.1) is 6.92 Å². The third-order valence-corrected chi connectivity index (χ3v) is 3.96. The zero-order valence-electron chi connectivity index (χ0n) is 6.44. The number of rotatable bonds is 1. The topological polar surface area (TPSA) is 12.9 Å². The van der Waals surface area contributed by atoms with Crippen molar-refractivity contribution in [2.45, 2.75) is 11.9 Å². The van der Waals surface area contributed by atoms with Gasteiger partial charge in [0.1, 0.15) is 10.0 Å². The van der Waals surface area contributed by atoms with E-state index in [9.17, 15) is 0 Å². The van der Waals surface area contributed by atoms with Gasteiger partial charge in [0.05, 0.1) is 4.88 Å². The Labute approximate surface area is 84.5 Å². The summed E-state index contributed by atoms with van der Waals surface area (Å²) in [7, 11) is 0. The second-order valence-electron chi connectivity index (χ2n) is 2.44. The number of hydrogen-bond donors (Lipinski definition) is 1. The highest BCUT2D eigenvalue weighted by Gasteiger charge is 2.06. The Morgan fingerprint density at radius 2 is 2.25 bits per heavy atom. The standard InChI is InChI=1S/C8H7NS3/c1-5-2-3-11-7(5)8-9-6(10)4-12-8/h2-4,10H,1H3. The SMILES string of the molecule is Cc1ccsc1-c1nc(S)cs1. The van der Waals surface area contributed by atoms with Crippen molar-refractivity contribution in [2.24, 2.45) is 0 Å². The van der Waals surface area contributed by atoms with Crippen molar-refractivity contribution in [1.29, 1.82) is 0 Å². The highest BCUT2D eigenvalue weighted by molar-refractivity contribution is 7.80. The molecule has 0 amide bonds. The molecular formula is C8H7NS3. The van der Waals surface area contributed by atoms with Crippen LogP contribution in [0.25, 0.3) is 9.88 Å². The molecule has 0 radical (unpaired) electrons. The minimum absolute atomic E-state index is 0.808. The Morgan fingerprint density at radius 1 is 1.42 bits per heavy atom. The summed E-state index contributed by atoms with van der Waals surface area (Å²) in [5.41, 5.74) is 1.29. The van der Waals surface area contributed by atoms with Gasteiger partial charge in [-0.2, -0.15) is 0 Å². The highest BCUT2D eigenvalue weighted by atomic mass is 32.1. The van der Waals surface area contributed by atoms with E-state index in [1.165, 1.54) is 10.4 Å². The second-order valence-corrected chi connectivity index (χ2v) is 4.68. The molecule has 1 nitrogen and oxygen atoms in total. The van der Waals surface area contributed by atoms with E-state index < -0.39 is 0 Å². The predicted octanol–water partition coefficient (Wildman–Crippen LogP) is 3.47. The molecule has 0 aliphatic rings. The molecule has 62 valence electrons. The first-order chi connectivity index (χ1) is 5.77. The Kier molecular flexibility index (Phi) is 2.21. The van der Waals surface area contributed by atoms with Gasteiger partial charge in [-0.3, -0.25) is 0 Å². The van der Waals surface area contributed by atoms with Gasteiger partial charge in [-0.15, -0.1) is 35.3 Å². The summed E-state index contributed by atoms with van der Waals surface area (Å²) in [5.74, 6) is 0. The van der Waals surface area contributed by atoms with Gasteiger partial charge >= 0.3 is 0 Å². The summed E-state index contributed by atoms with van der Waals surface area (Å²) >= 11 is 7.55. The van der Waals surface area contributed by atoms with Crippen LogP contribution in [-0.4, -0.2) is 4.98 Å². The van der Waals surface area contributed by atoms with Crippen molar-refractivity contribution < 1.29 is 0 Å². The van der Waals surface area contributed by atoms with E-state index in [1.54, 1.807) is 22.7 Å². The Balaban J connectivity index is 2.50. The lowest BCUT2D eigenvalue weighted by atomic mass is 10.3. The van der Waals surface area contributed by atoms with Crippen LogP contribution >= 0.6 is 35.3 Å². The first-order valence-electron chi connectivity index (χ1n) is 3.46. The maximum absolute atomic E-state index is 4.31. The van der Waals surface area contributed by atoms with Gasteiger partial charge < -0.3 is 0 Å². The van der Waals surface area contributed by atoms with E-state index in [4.69, 9.17) is 0 Å². The van der Waals surface area contributed by atoms with Crippen LogP contribution in [0.1, 0.15) is 5.56 Å². The smallest absolute Gasteiger partial charge is 0.134 e. The second kappa shape index (κ2) is 3.20. The van der Waals surface area contributed by atoms with Crippen LogP contribution in [0.3, 0.4) is 0 Å². The maximum atomic E-state index is 4.31. The summed E-state index contributed by atoms with van der Waals surface area (Å²) in [4.78, 5) is 5.57. The van der Waals surface area contributed by atoms with Crippen molar-refractivity contribution >= 4 is 35.3 Å². The van der Waals surface area contributed by atoms with E-state index >= 15 is 0 Å². The minimum Gasteiger partial charge on any atom is -0.229 e. The van der Waals surface area contributed by atoms with E-state index in [1.807, 2.05) is 5.38 Å². The molecule has 4 heteroatoms. The van der Waals surface area contributed by atoms with Crippen LogP contribution < -0.4 is 0 Å². The first kappa shape index (κ1) is 8.29. The van der Waals surface area contributed by atoms with Crippen molar-refractivity contribution in [3.8, 4) is 9.88 Å². The van der Waals surface area contributed by atoms with E-state index in [0.717, 1.165) is 10.0 Å². The van der Waals surface area contributed by atoms with Crippen molar-refractivity contribution in [3.05, 3.63) is 22.4 Å². The molecule has 0 atom stereocenters. The molecule has 0 bridgehead atoms. The molecule has 0 fully saturated rings. The third kappa shape index (κ3) is 1.42. The molecule has 2 aromatic heterocycles. The number of hydrogen-bond acceptors (Lipinski definition) is 4. The fourth-order valence-electron chi connectivity index (χ4n) is 0.961. The van der Waals surface area contributed by atoms with Crippen LogP contribution in [0.5, 0.6) is 0 Å².